The highest BCUT2D eigenvalue weighted by Crippen LogP contribution is 2.36. The van der Waals surface area contributed by atoms with Crippen LogP contribution in [0.3, 0.4) is 0 Å². The quantitative estimate of drug-likeness (QED) is 0.428. The number of H-pyrrole nitrogens is 1. The van der Waals surface area contributed by atoms with Crippen molar-refractivity contribution in [3.05, 3.63) is 62.1 Å². The molecule has 6 nitrogen and oxygen atoms in total. The van der Waals surface area contributed by atoms with Gasteiger partial charge in [0.15, 0.2) is 0 Å². The summed E-state index contributed by atoms with van der Waals surface area (Å²) in [5, 5.41) is 13.2. The van der Waals surface area contributed by atoms with Gasteiger partial charge in [0.2, 0.25) is 0 Å². The number of benzene rings is 1. The van der Waals surface area contributed by atoms with Crippen molar-refractivity contribution in [2.45, 2.75) is 99.3 Å². The average molecular weight is 520 g/mol. The van der Waals surface area contributed by atoms with Crippen LogP contribution >= 0.6 is 0 Å². The summed E-state index contributed by atoms with van der Waals surface area (Å²) in [5.74, 6) is 7.21. The first kappa shape index (κ1) is 29.5. The molecule has 0 spiro atoms. The highest BCUT2D eigenvalue weighted by molar-refractivity contribution is 5.97. The number of amides is 1. The van der Waals surface area contributed by atoms with Gasteiger partial charge in [0, 0.05) is 47.2 Å². The van der Waals surface area contributed by atoms with E-state index in [0.29, 0.717) is 28.7 Å². The van der Waals surface area contributed by atoms with Gasteiger partial charge in [-0.05, 0) is 108 Å². The predicted octanol–water partition coefficient (Wildman–Crippen LogP) is 5.39. The molecular formula is C32H45N3O3. The topological polar surface area (TPSA) is 85.4 Å². The van der Waals surface area contributed by atoms with Crippen molar-refractivity contribution < 1.29 is 9.90 Å². The van der Waals surface area contributed by atoms with Crippen molar-refractivity contribution in [3.63, 3.8) is 0 Å². The second-order valence-corrected chi connectivity index (χ2v) is 11.7. The van der Waals surface area contributed by atoms with E-state index < -0.39 is 5.60 Å². The van der Waals surface area contributed by atoms with Crippen LogP contribution in [0.5, 0.6) is 0 Å². The number of hydrogen-bond acceptors (Lipinski definition) is 4. The molecule has 0 unspecified atom stereocenters. The molecule has 0 atom stereocenters. The Morgan fingerprint density at radius 2 is 1.82 bits per heavy atom. The van der Waals surface area contributed by atoms with E-state index in [2.05, 4.69) is 53.9 Å². The Hall–Kier alpha value is -3.04. The Labute approximate surface area is 228 Å². The van der Waals surface area contributed by atoms with Gasteiger partial charge in [-0.2, -0.15) is 0 Å². The van der Waals surface area contributed by atoms with Gasteiger partial charge in [0.25, 0.3) is 11.5 Å². The zero-order valence-corrected chi connectivity index (χ0v) is 24.4. The molecule has 38 heavy (non-hydrogen) atoms. The molecular weight excluding hydrogens is 474 g/mol. The van der Waals surface area contributed by atoms with Gasteiger partial charge in [0.05, 0.1) is 0 Å². The lowest BCUT2D eigenvalue weighted by Crippen LogP contribution is -2.39. The molecule has 0 saturated heterocycles. The smallest absolute Gasteiger partial charge is 0.253 e. The van der Waals surface area contributed by atoms with Crippen LogP contribution in [0.4, 0.5) is 5.69 Å². The number of aliphatic hydroxyl groups is 1. The molecule has 1 amide bonds. The van der Waals surface area contributed by atoms with Gasteiger partial charge < -0.3 is 20.3 Å². The monoisotopic (exact) mass is 519 g/mol. The number of aromatic amines is 1. The average Bonchev–Trinajstić information content (AvgIpc) is 2.83. The zero-order chi connectivity index (χ0) is 28.2. The summed E-state index contributed by atoms with van der Waals surface area (Å²) in [6.07, 6.45) is 4.70. The highest BCUT2D eigenvalue weighted by Gasteiger charge is 2.28. The molecule has 2 aromatic rings. The number of anilines is 1. The molecule has 0 aliphatic heterocycles. The first-order valence-corrected chi connectivity index (χ1v) is 13.9. The van der Waals surface area contributed by atoms with Gasteiger partial charge in [0.1, 0.15) is 5.60 Å². The van der Waals surface area contributed by atoms with Crippen LogP contribution in [0, 0.1) is 44.4 Å². The lowest BCUT2D eigenvalue weighted by molar-refractivity contribution is 0.0950. The molecule has 3 N–H and O–H groups in total. The molecule has 1 saturated carbocycles. The standard InChI is InChI=1S/C32H45N3O3/c1-9-35(26-12-10-25(11-13-26)20(2)3)29-18-24(14-15-32(7,8)38)17-27(23(29)6)30(36)33-19-28-21(4)16-22(5)34-31(28)37/h16-18,20,25-26,38H,9-13,19H2,1-8H3,(H,33,36)(H,34,37). The van der Waals surface area contributed by atoms with E-state index >= 15 is 0 Å². The Morgan fingerprint density at radius 1 is 1.16 bits per heavy atom. The molecule has 1 aliphatic carbocycles. The van der Waals surface area contributed by atoms with Crippen LogP contribution in [0.25, 0.3) is 0 Å². The number of aryl methyl sites for hydroxylation is 2. The van der Waals surface area contributed by atoms with Crippen LogP contribution in [0.15, 0.2) is 23.0 Å². The fourth-order valence-corrected chi connectivity index (χ4v) is 5.60. The van der Waals surface area contributed by atoms with Crippen LogP contribution in [0.1, 0.15) is 98.6 Å². The van der Waals surface area contributed by atoms with Crippen LogP contribution in [0.2, 0.25) is 0 Å². The number of carbonyl (C=O) groups is 1. The zero-order valence-electron chi connectivity index (χ0n) is 24.4. The maximum absolute atomic E-state index is 13.5. The van der Waals surface area contributed by atoms with Crippen molar-refractivity contribution in [2.24, 2.45) is 11.8 Å². The van der Waals surface area contributed by atoms with Gasteiger partial charge in [-0.25, -0.2) is 0 Å². The lowest BCUT2D eigenvalue weighted by Gasteiger charge is -2.40. The van der Waals surface area contributed by atoms with Crippen molar-refractivity contribution in [3.8, 4) is 11.8 Å². The summed E-state index contributed by atoms with van der Waals surface area (Å²) in [5.41, 5.74) is 4.02. The summed E-state index contributed by atoms with van der Waals surface area (Å²) >= 11 is 0. The highest BCUT2D eigenvalue weighted by atomic mass is 16.3. The van der Waals surface area contributed by atoms with Gasteiger partial charge >= 0.3 is 0 Å². The largest absolute Gasteiger partial charge is 0.378 e. The van der Waals surface area contributed by atoms with Crippen molar-refractivity contribution in [1.29, 1.82) is 0 Å². The molecule has 206 valence electrons. The summed E-state index contributed by atoms with van der Waals surface area (Å²) in [4.78, 5) is 31.2. The first-order valence-electron chi connectivity index (χ1n) is 13.9. The Kier molecular flexibility index (Phi) is 9.49. The first-order chi connectivity index (χ1) is 17.8. The molecule has 1 aromatic heterocycles. The van der Waals surface area contributed by atoms with Crippen molar-refractivity contribution in [1.82, 2.24) is 10.3 Å². The maximum atomic E-state index is 13.5. The molecule has 3 rings (SSSR count). The summed E-state index contributed by atoms with van der Waals surface area (Å²) in [7, 11) is 0. The van der Waals surface area contributed by atoms with E-state index in [0.717, 1.165) is 47.8 Å². The molecule has 1 heterocycles. The minimum Gasteiger partial charge on any atom is -0.378 e. The number of hydrogen-bond donors (Lipinski definition) is 3. The number of rotatable bonds is 7. The molecule has 0 bridgehead atoms. The molecule has 1 aliphatic rings. The molecule has 6 heteroatoms. The van der Waals surface area contributed by atoms with Crippen LogP contribution in [-0.2, 0) is 6.54 Å². The molecule has 1 fully saturated rings. The Balaban J connectivity index is 1.97. The molecule has 1 aromatic carbocycles. The predicted molar refractivity (Wildman–Crippen MR) is 156 cm³/mol. The minimum absolute atomic E-state index is 0.144. The fraction of sp³-hybridized carbons (Fsp3) is 0.562. The van der Waals surface area contributed by atoms with E-state index in [4.69, 9.17) is 0 Å². The van der Waals surface area contributed by atoms with E-state index in [-0.39, 0.29) is 18.0 Å². The van der Waals surface area contributed by atoms with E-state index in [9.17, 15) is 14.7 Å². The normalized spacial score (nSPS) is 17.6. The van der Waals surface area contributed by atoms with E-state index in [1.165, 1.54) is 12.8 Å². The van der Waals surface area contributed by atoms with Gasteiger partial charge in [-0.15, -0.1) is 0 Å². The van der Waals surface area contributed by atoms with E-state index in [1.54, 1.807) is 19.9 Å². The molecule has 0 radical (unpaired) electrons. The van der Waals surface area contributed by atoms with Crippen LogP contribution in [-0.4, -0.2) is 34.2 Å². The number of nitrogens with zero attached hydrogens (tertiary/aromatic N) is 1. The number of aromatic nitrogens is 1. The van der Waals surface area contributed by atoms with E-state index in [1.807, 2.05) is 26.8 Å². The van der Waals surface area contributed by atoms with Crippen molar-refractivity contribution in [2.75, 3.05) is 11.4 Å². The maximum Gasteiger partial charge on any atom is 0.253 e. The third-order valence-corrected chi connectivity index (χ3v) is 7.83. The SMILES string of the molecule is CCN(c1cc(C#CC(C)(C)O)cc(C(=O)NCc2c(C)cc(C)[nH]c2=O)c1C)C1CCC(C(C)C)CC1. The third kappa shape index (κ3) is 7.29. The second-order valence-electron chi connectivity index (χ2n) is 11.7. The van der Waals surface area contributed by atoms with Gasteiger partial charge in [-0.3, -0.25) is 9.59 Å². The number of pyridine rings is 1. The number of nitrogens with one attached hydrogen (secondary N) is 2. The summed E-state index contributed by atoms with van der Waals surface area (Å²) in [6.45, 7) is 16.8. The second kappa shape index (κ2) is 12.2. The Bertz CT molecular complexity index is 1270. The fourth-order valence-electron chi connectivity index (χ4n) is 5.60. The van der Waals surface area contributed by atoms with Crippen molar-refractivity contribution >= 4 is 11.6 Å². The summed E-state index contributed by atoms with van der Waals surface area (Å²) in [6, 6.07) is 6.17. The lowest BCUT2D eigenvalue weighted by atomic mass is 9.79. The summed E-state index contributed by atoms with van der Waals surface area (Å²) < 4.78 is 0. The minimum atomic E-state index is -1.14. The number of carbonyl (C=O) groups excluding carboxylic acids is 1. The van der Waals surface area contributed by atoms with Gasteiger partial charge in [-0.1, -0.05) is 25.7 Å². The van der Waals surface area contributed by atoms with Crippen LogP contribution < -0.4 is 15.8 Å². The third-order valence-electron chi connectivity index (χ3n) is 7.83. The Morgan fingerprint density at radius 3 is 2.37 bits per heavy atom.